The summed E-state index contributed by atoms with van der Waals surface area (Å²) in [5, 5.41) is 12.3. The predicted molar refractivity (Wildman–Crippen MR) is 107 cm³/mol. The summed E-state index contributed by atoms with van der Waals surface area (Å²) >= 11 is 6.13. The van der Waals surface area contributed by atoms with Crippen LogP contribution in [0, 0.1) is 11.3 Å². The van der Waals surface area contributed by atoms with Crippen molar-refractivity contribution in [1.29, 1.82) is 5.26 Å². The molecule has 0 heterocycles. The molecule has 0 aromatic heterocycles. The first kappa shape index (κ1) is 21.0. The maximum atomic E-state index is 12.4. The van der Waals surface area contributed by atoms with Gasteiger partial charge in [-0.05, 0) is 47.9 Å². The Bertz CT molecular complexity index is 930. The topological polar surface area (TPSA) is 88.4 Å². The van der Waals surface area contributed by atoms with Gasteiger partial charge in [-0.25, -0.2) is 4.79 Å². The monoisotopic (exact) mass is 398 g/mol. The summed E-state index contributed by atoms with van der Waals surface area (Å²) in [4.78, 5) is 23.5. The molecule has 2 aromatic rings. The Labute approximate surface area is 168 Å². The van der Waals surface area contributed by atoms with Crippen LogP contribution in [0.2, 0.25) is 5.02 Å². The number of ether oxygens (including phenoxy) is 2. The molecule has 28 heavy (non-hydrogen) atoms. The highest BCUT2D eigenvalue weighted by Crippen LogP contribution is 2.26. The average molecular weight is 399 g/mol. The zero-order chi connectivity index (χ0) is 20.5. The van der Waals surface area contributed by atoms with Crippen molar-refractivity contribution in [2.45, 2.75) is 13.3 Å². The van der Waals surface area contributed by atoms with Crippen LogP contribution in [0.3, 0.4) is 0 Å². The number of methoxy groups -OCH3 is 1. The number of amides is 1. The maximum Gasteiger partial charge on any atom is 0.343 e. The number of hydrogen-bond donors (Lipinski definition) is 1. The quantitative estimate of drug-likeness (QED) is 0.432. The maximum absolute atomic E-state index is 12.4. The van der Waals surface area contributed by atoms with Crippen LogP contribution in [0.25, 0.3) is 6.08 Å². The minimum Gasteiger partial charge on any atom is -0.480 e. The zero-order valence-electron chi connectivity index (χ0n) is 15.5. The largest absolute Gasteiger partial charge is 0.480 e. The van der Waals surface area contributed by atoms with Crippen LogP contribution in [-0.4, -0.2) is 25.6 Å². The van der Waals surface area contributed by atoms with Gasteiger partial charge in [-0.15, -0.1) is 0 Å². The molecule has 0 bridgehead atoms. The van der Waals surface area contributed by atoms with Crippen LogP contribution < -0.4 is 10.1 Å². The SMILES string of the molecule is CCc1ccc(NC(=O)/C(C#N)=C/c2ccc(OCC(=O)OC)c(Cl)c2)cc1. The van der Waals surface area contributed by atoms with E-state index < -0.39 is 11.9 Å². The summed E-state index contributed by atoms with van der Waals surface area (Å²) in [5.74, 6) is -0.757. The number of aryl methyl sites for hydroxylation is 1. The van der Waals surface area contributed by atoms with E-state index in [-0.39, 0.29) is 17.2 Å². The number of nitrogens with zero attached hydrogens (tertiary/aromatic N) is 1. The Morgan fingerprint density at radius 3 is 2.50 bits per heavy atom. The Morgan fingerprint density at radius 1 is 1.21 bits per heavy atom. The Hall–Kier alpha value is -3.30. The lowest BCUT2D eigenvalue weighted by Crippen LogP contribution is -2.13. The second kappa shape index (κ2) is 10.1. The van der Waals surface area contributed by atoms with Crippen LogP contribution in [0.15, 0.2) is 48.0 Å². The summed E-state index contributed by atoms with van der Waals surface area (Å²) in [7, 11) is 1.26. The van der Waals surface area contributed by atoms with Crippen LogP contribution in [0.1, 0.15) is 18.1 Å². The smallest absolute Gasteiger partial charge is 0.343 e. The highest BCUT2D eigenvalue weighted by molar-refractivity contribution is 6.32. The third kappa shape index (κ3) is 5.86. The van der Waals surface area contributed by atoms with Gasteiger partial charge >= 0.3 is 5.97 Å². The van der Waals surface area contributed by atoms with Gasteiger partial charge in [-0.2, -0.15) is 5.26 Å². The molecule has 144 valence electrons. The van der Waals surface area contributed by atoms with E-state index in [0.29, 0.717) is 17.0 Å². The molecule has 0 radical (unpaired) electrons. The van der Waals surface area contributed by atoms with Gasteiger partial charge in [0.1, 0.15) is 17.4 Å². The summed E-state index contributed by atoms with van der Waals surface area (Å²) < 4.78 is 9.74. The molecule has 2 rings (SSSR count). The number of hydrogen-bond acceptors (Lipinski definition) is 5. The number of nitrogens with one attached hydrogen (secondary N) is 1. The summed E-state index contributed by atoms with van der Waals surface area (Å²) in [5.41, 5.74) is 2.23. The Balaban J connectivity index is 2.12. The number of carbonyl (C=O) groups is 2. The molecule has 0 aliphatic rings. The molecule has 0 saturated heterocycles. The molecule has 6 nitrogen and oxygen atoms in total. The number of esters is 1. The van der Waals surface area contributed by atoms with Gasteiger partial charge in [0, 0.05) is 5.69 Å². The second-order valence-corrected chi connectivity index (χ2v) is 6.14. The number of carbonyl (C=O) groups excluding carboxylic acids is 2. The fraction of sp³-hybridized carbons (Fsp3) is 0.190. The van der Waals surface area contributed by atoms with Crippen LogP contribution >= 0.6 is 11.6 Å². The summed E-state index contributed by atoms with van der Waals surface area (Å²) in [6.07, 6.45) is 2.32. The van der Waals surface area contributed by atoms with Crippen molar-refractivity contribution in [3.63, 3.8) is 0 Å². The fourth-order valence-electron chi connectivity index (χ4n) is 2.26. The second-order valence-electron chi connectivity index (χ2n) is 5.73. The van der Waals surface area contributed by atoms with Gasteiger partial charge < -0.3 is 14.8 Å². The van der Waals surface area contributed by atoms with Crippen molar-refractivity contribution in [1.82, 2.24) is 0 Å². The van der Waals surface area contributed by atoms with E-state index in [1.165, 1.54) is 19.3 Å². The van der Waals surface area contributed by atoms with E-state index in [0.717, 1.165) is 12.0 Å². The van der Waals surface area contributed by atoms with Crippen LogP contribution in [0.5, 0.6) is 5.75 Å². The number of benzene rings is 2. The van der Waals surface area contributed by atoms with Gasteiger partial charge in [0.05, 0.1) is 12.1 Å². The van der Waals surface area contributed by atoms with E-state index >= 15 is 0 Å². The molecular formula is C21H19ClN2O4. The van der Waals surface area contributed by atoms with Crippen molar-refractivity contribution in [3.05, 3.63) is 64.2 Å². The number of nitriles is 1. The average Bonchev–Trinajstić information content (AvgIpc) is 2.71. The van der Waals surface area contributed by atoms with Crippen molar-refractivity contribution >= 4 is 35.2 Å². The molecule has 7 heteroatoms. The number of anilines is 1. The van der Waals surface area contributed by atoms with Crippen molar-refractivity contribution in [3.8, 4) is 11.8 Å². The molecule has 1 amide bonds. The van der Waals surface area contributed by atoms with E-state index in [9.17, 15) is 14.9 Å². The lowest BCUT2D eigenvalue weighted by molar-refractivity contribution is -0.142. The highest BCUT2D eigenvalue weighted by Gasteiger charge is 2.11. The Kier molecular flexibility index (Phi) is 7.61. The summed E-state index contributed by atoms with van der Waals surface area (Å²) in [6.45, 7) is 1.77. The molecule has 0 aliphatic carbocycles. The van der Waals surface area contributed by atoms with Crippen LogP contribution in [0.4, 0.5) is 5.69 Å². The van der Waals surface area contributed by atoms with E-state index in [1.54, 1.807) is 24.3 Å². The standard InChI is InChI=1S/C21H19ClN2O4/c1-3-14-4-7-17(8-5-14)24-21(26)16(12-23)10-15-6-9-19(18(22)11-15)28-13-20(25)27-2/h4-11H,3,13H2,1-2H3,(H,24,26)/b16-10+. The summed E-state index contributed by atoms with van der Waals surface area (Å²) in [6, 6.07) is 14.0. The van der Waals surface area contributed by atoms with Gasteiger partial charge in [0.15, 0.2) is 6.61 Å². The third-order valence-electron chi connectivity index (χ3n) is 3.83. The minimum atomic E-state index is -0.532. The zero-order valence-corrected chi connectivity index (χ0v) is 16.2. The van der Waals surface area contributed by atoms with Gasteiger partial charge in [-0.1, -0.05) is 36.7 Å². The molecule has 1 N–H and O–H groups in total. The normalized spacial score (nSPS) is 10.7. The van der Waals surface area contributed by atoms with Crippen molar-refractivity contribution < 1.29 is 19.1 Å². The van der Waals surface area contributed by atoms with Crippen molar-refractivity contribution in [2.75, 3.05) is 19.0 Å². The molecule has 0 atom stereocenters. The molecule has 0 spiro atoms. The number of rotatable bonds is 7. The highest BCUT2D eigenvalue weighted by atomic mass is 35.5. The van der Waals surface area contributed by atoms with E-state index in [4.69, 9.17) is 16.3 Å². The van der Waals surface area contributed by atoms with E-state index in [1.807, 2.05) is 25.1 Å². The molecule has 2 aromatic carbocycles. The molecule has 0 saturated carbocycles. The van der Waals surface area contributed by atoms with Gasteiger partial charge in [0.2, 0.25) is 0 Å². The molecule has 0 aliphatic heterocycles. The molecular weight excluding hydrogens is 380 g/mol. The van der Waals surface area contributed by atoms with Gasteiger partial charge in [-0.3, -0.25) is 4.79 Å². The molecule has 0 fully saturated rings. The molecule has 0 unspecified atom stereocenters. The first-order valence-corrected chi connectivity index (χ1v) is 8.85. The van der Waals surface area contributed by atoms with E-state index in [2.05, 4.69) is 10.1 Å². The third-order valence-corrected chi connectivity index (χ3v) is 4.12. The first-order valence-electron chi connectivity index (χ1n) is 8.48. The predicted octanol–water partition coefficient (Wildman–Crippen LogP) is 4.00. The lowest BCUT2D eigenvalue weighted by atomic mass is 10.1. The number of halogens is 1. The van der Waals surface area contributed by atoms with Crippen LogP contribution in [-0.2, 0) is 20.7 Å². The fourth-order valence-corrected chi connectivity index (χ4v) is 2.50. The van der Waals surface area contributed by atoms with Crippen molar-refractivity contribution in [2.24, 2.45) is 0 Å². The minimum absolute atomic E-state index is 0.0705. The lowest BCUT2D eigenvalue weighted by Gasteiger charge is -2.08. The first-order chi connectivity index (χ1) is 13.5. The van der Waals surface area contributed by atoms with Gasteiger partial charge in [0.25, 0.3) is 5.91 Å². The Morgan fingerprint density at radius 2 is 1.93 bits per heavy atom.